The number of ketones is 4. The SMILES string of the molecule is CC(C)C(=O)O[C@@H]1[C@H](C)C(=O)C(=O)[C@@H](NC(=O)c2ccccc2ON)CC(=O)C(=O)[C@@H]1Cc1ccccc1. The first-order valence-corrected chi connectivity index (χ1v) is 12.2. The van der Waals surface area contributed by atoms with E-state index in [1.807, 2.05) is 0 Å². The second-order valence-electron chi connectivity index (χ2n) is 9.50. The van der Waals surface area contributed by atoms with E-state index in [-0.39, 0.29) is 17.7 Å². The standard InChI is InChI=1S/C28H30N2O8/c1-15(2)28(36)37-26-16(3)23(32)25(34)20(30-27(35)18-11-7-8-12-22(18)38-29)14-21(31)24(33)19(26)13-17-9-5-4-6-10-17/h4-12,15-16,19-20,26H,13-14,29H2,1-3H3,(H,30,35)/t16-,19+,20+,26-/m1/s1. The number of Topliss-reactive ketones (excluding diaryl/α,β-unsaturated/α-hetero) is 4. The first-order valence-electron chi connectivity index (χ1n) is 12.2. The summed E-state index contributed by atoms with van der Waals surface area (Å²) in [6, 6.07) is 13.0. The summed E-state index contributed by atoms with van der Waals surface area (Å²) in [5.41, 5.74) is 0.644. The second kappa shape index (κ2) is 12.4. The van der Waals surface area contributed by atoms with E-state index in [2.05, 4.69) is 10.2 Å². The molecule has 0 heterocycles. The molecule has 0 aromatic heterocycles. The lowest BCUT2D eigenvalue weighted by atomic mass is 9.81. The average molecular weight is 523 g/mol. The topological polar surface area (TPSA) is 159 Å². The molecule has 0 spiro atoms. The van der Waals surface area contributed by atoms with Gasteiger partial charge in [0.05, 0.1) is 23.3 Å². The number of esters is 1. The van der Waals surface area contributed by atoms with Gasteiger partial charge in [-0.15, -0.1) is 0 Å². The smallest absolute Gasteiger partial charge is 0.308 e. The van der Waals surface area contributed by atoms with Crippen molar-refractivity contribution in [3.63, 3.8) is 0 Å². The summed E-state index contributed by atoms with van der Waals surface area (Å²) in [5, 5.41) is 2.37. The number of para-hydroxylation sites is 1. The van der Waals surface area contributed by atoms with Crippen LogP contribution in [0.5, 0.6) is 5.75 Å². The van der Waals surface area contributed by atoms with Gasteiger partial charge in [0.1, 0.15) is 12.1 Å². The molecule has 1 aliphatic carbocycles. The van der Waals surface area contributed by atoms with E-state index >= 15 is 0 Å². The Morgan fingerprint density at radius 3 is 2.21 bits per heavy atom. The maximum absolute atomic E-state index is 13.5. The number of carbonyl (C=O) groups is 6. The molecule has 0 radical (unpaired) electrons. The van der Waals surface area contributed by atoms with Crippen LogP contribution < -0.4 is 16.1 Å². The second-order valence-corrected chi connectivity index (χ2v) is 9.50. The lowest BCUT2D eigenvalue weighted by Gasteiger charge is -2.29. The van der Waals surface area contributed by atoms with E-state index in [1.165, 1.54) is 25.1 Å². The number of carbonyl (C=O) groups excluding carboxylic acids is 6. The van der Waals surface area contributed by atoms with E-state index in [0.29, 0.717) is 5.56 Å². The molecule has 2 aromatic carbocycles. The number of nitrogens with two attached hydrogens (primary N) is 1. The number of benzene rings is 2. The van der Waals surface area contributed by atoms with E-state index in [9.17, 15) is 28.8 Å². The molecule has 0 aliphatic heterocycles. The number of nitrogens with one attached hydrogen (secondary N) is 1. The minimum atomic E-state index is -1.61. The Balaban J connectivity index is 2.00. The quantitative estimate of drug-likeness (QED) is 0.314. The van der Waals surface area contributed by atoms with Crippen LogP contribution in [0.3, 0.4) is 0 Å². The summed E-state index contributed by atoms with van der Waals surface area (Å²) in [6.07, 6.45) is -2.09. The van der Waals surface area contributed by atoms with Crippen LogP contribution in [-0.4, -0.2) is 47.2 Å². The molecule has 3 N–H and O–H groups in total. The molecular formula is C28H30N2O8. The lowest BCUT2D eigenvalue weighted by Crippen LogP contribution is -2.47. The van der Waals surface area contributed by atoms with Gasteiger partial charge in [0.15, 0.2) is 5.75 Å². The monoisotopic (exact) mass is 522 g/mol. The number of hydrogen-bond donors (Lipinski definition) is 2. The van der Waals surface area contributed by atoms with Crippen molar-refractivity contribution < 1.29 is 38.3 Å². The highest BCUT2D eigenvalue weighted by Crippen LogP contribution is 2.28. The molecule has 10 heteroatoms. The third kappa shape index (κ3) is 6.38. The van der Waals surface area contributed by atoms with Crippen LogP contribution in [0.15, 0.2) is 54.6 Å². The van der Waals surface area contributed by atoms with Gasteiger partial charge in [-0.2, -0.15) is 5.90 Å². The fourth-order valence-corrected chi connectivity index (χ4v) is 4.27. The summed E-state index contributed by atoms with van der Waals surface area (Å²) in [5.74, 6) is -3.25. The van der Waals surface area contributed by atoms with Gasteiger partial charge in [0.2, 0.25) is 23.1 Å². The molecule has 38 heavy (non-hydrogen) atoms. The van der Waals surface area contributed by atoms with Crippen molar-refractivity contribution in [1.82, 2.24) is 5.32 Å². The van der Waals surface area contributed by atoms with Crippen molar-refractivity contribution in [1.29, 1.82) is 0 Å². The van der Waals surface area contributed by atoms with Gasteiger partial charge in [0, 0.05) is 6.42 Å². The number of amides is 1. The van der Waals surface area contributed by atoms with Crippen molar-refractivity contribution in [2.24, 2.45) is 23.7 Å². The van der Waals surface area contributed by atoms with Crippen LogP contribution in [0.1, 0.15) is 43.1 Å². The highest BCUT2D eigenvalue weighted by Gasteiger charge is 2.46. The average Bonchev–Trinajstić information content (AvgIpc) is 2.94. The summed E-state index contributed by atoms with van der Waals surface area (Å²) >= 11 is 0. The predicted molar refractivity (Wildman–Crippen MR) is 135 cm³/mol. The zero-order valence-electron chi connectivity index (χ0n) is 21.3. The van der Waals surface area contributed by atoms with Crippen molar-refractivity contribution >= 4 is 35.0 Å². The van der Waals surface area contributed by atoms with Crippen LogP contribution >= 0.6 is 0 Å². The molecule has 10 nitrogen and oxygen atoms in total. The molecule has 3 rings (SSSR count). The minimum Gasteiger partial charge on any atom is -0.461 e. The van der Waals surface area contributed by atoms with Crippen LogP contribution in [-0.2, 0) is 35.1 Å². The molecule has 0 unspecified atom stereocenters. The molecule has 4 atom stereocenters. The Morgan fingerprint density at radius 1 is 0.947 bits per heavy atom. The molecule has 1 aliphatic rings. The van der Waals surface area contributed by atoms with Crippen LogP contribution in [0, 0.1) is 17.8 Å². The summed E-state index contributed by atoms with van der Waals surface area (Å²) in [6.45, 7) is 4.54. The molecular weight excluding hydrogens is 492 g/mol. The summed E-state index contributed by atoms with van der Waals surface area (Å²) in [4.78, 5) is 83.3. The largest absolute Gasteiger partial charge is 0.461 e. The number of ether oxygens (including phenoxy) is 1. The maximum atomic E-state index is 13.5. The lowest BCUT2D eigenvalue weighted by molar-refractivity contribution is -0.163. The molecule has 1 saturated carbocycles. The molecule has 1 amide bonds. The Hall–Kier alpha value is -4.18. The van der Waals surface area contributed by atoms with E-state index in [4.69, 9.17) is 10.6 Å². The molecule has 2 aromatic rings. The van der Waals surface area contributed by atoms with Crippen LogP contribution in [0.2, 0.25) is 0 Å². The Kier molecular flexibility index (Phi) is 9.25. The van der Waals surface area contributed by atoms with Crippen molar-refractivity contribution in [2.45, 2.75) is 45.8 Å². The summed E-state index contributed by atoms with van der Waals surface area (Å²) in [7, 11) is 0. The van der Waals surface area contributed by atoms with Gasteiger partial charge in [-0.05, 0) is 24.1 Å². The van der Waals surface area contributed by atoms with Crippen LogP contribution in [0.25, 0.3) is 0 Å². The van der Waals surface area contributed by atoms with Gasteiger partial charge in [-0.3, -0.25) is 28.8 Å². The fourth-order valence-electron chi connectivity index (χ4n) is 4.27. The molecule has 0 saturated heterocycles. The summed E-state index contributed by atoms with van der Waals surface area (Å²) < 4.78 is 5.59. The van der Waals surface area contributed by atoms with Gasteiger partial charge in [-0.1, -0.05) is 63.2 Å². The third-order valence-corrected chi connectivity index (χ3v) is 6.45. The van der Waals surface area contributed by atoms with E-state index in [1.54, 1.807) is 50.2 Å². The van der Waals surface area contributed by atoms with Crippen molar-refractivity contribution in [3.05, 3.63) is 65.7 Å². The molecule has 200 valence electrons. The van der Waals surface area contributed by atoms with Crippen LogP contribution in [0.4, 0.5) is 0 Å². The third-order valence-electron chi connectivity index (χ3n) is 6.45. The normalized spacial score (nSPS) is 22.3. The van der Waals surface area contributed by atoms with Gasteiger partial charge < -0.3 is 14.9 Å². The number of hydrogen-bond acceptors (Lipinski definition) is 9. The van der Waals surface area contributed by atoms with E-state index < -0.39 is 71.3 Å². The number of rotatable bonds is 7. The molecule has 0 bridgehead atoms. The highest BCUT2D eigenvalue weighted by molar-refractivity contribution is 6.44. The fraction of sp³-hybridized carbons (Fsp3) is 0.357. The van der Waals surface area contributed by atoms with E-state index in [0.717, 1.165) is 0 Å². The van der Waals surface area contributed by atoms with Crippen molar-refractivity contribution in [3.8, 4) is 5.75 Å². The Bertz CT molecular complexity index is 1240. The highest BCUT2D eigenvalue weighted by atomic mass is 16.6. The Labute approximate surface area is 219 Å². The first-order chi connectivity index (χ1) is 18.0. The zero-order valence-corrected chi connectivity index (χ0v) is 21.3. The predicted octanol–water partition coefficient (Wildman–Crippen LogP) is 1.78. The zero-order chi connectivity index (χ0) is 28.0. The first kappa shape index (κ1) is 28.4. The Morgan fingerprint density at radius 2 is 1.58 bits per heavy atom. The van der Waals surface area contributed by atoms with Gasteiger partial charge in [-0.25, -0.2) is 0 Å². The van der Waals surface area contributed by atoms with Crippen molar-refractivity contribution in [2.75, 3.05) is 0 Å². The molecule has 1 fully saturated rings. The van der Waals surface area contributed by atoms with Gasteiger partial charge >= 0.3 is 5.97 Å². The van der Waals surface area contributed by atoms with Gasteiger partial charge in [0.25, 0.3) is 5.91 Å². The minimum absolute atomic E-state index is 0.00546. The maximum Gasteiger partial charge on any atom is 0.308 e.